The highest BCUT2D eigenvalue weighted by Gasteiger charge is 2.07. The van der Waals surface area contributed by atoms with Gasteiger partial charge in [0.25, 0.3) is 0 Å². The van der Waals surface area contributed by atoms with Crippen molar-refractivity contribution in [1.29, 1.82) is 0 Å². The van der Waals surface area contributed by atoms with E-state index in [1.807, 2.05) is 0 Å². The fourth-order valence-electron chi connectivity index (χ4n) is 2.01. The van der Waals surface area contributed by atoms with Crippen molar-refractivity contribution in [3.8, 4) is 0 Å². The Labute approximate surface area is 119 Å². The van der Waals surface area contributed by atoms with Crippen molar-refractivity contribution in [1.82, 2.24) is 15.2 Å². The van der Waals surface area contributed by atoms with Crippen LogP contribution in [-0.4, -0.2) is 21.7 Å². The summed E-state index contributed by atoms with van der Waals surface area (Å²) >= 11 is 0. The molecule has 0 atom stereocenters. The second-order valence-corrected chi connectivity index (χ2v) is 4.68. The van der Waals surface area contributed by atoms with E-state index in [0.717, 1.165) is 30.9 Å². The third-order valence-electron chi connectivity index (χ3n) is 3.09. The van der Waals surface area contributed by atoms with Crippen LogP contribution >= 0.6 is 0 Å². The van der Waals surface area contributed by atoms with E-state index in [1.165, 1.54) is 11.1 Å². The van der Waals surface area contributed by atoms with E-state index in [0.29, 0.717) is 5.95 Å². The third kappa shape index (κ3) is 3.44. The molecule has 0 unspecified atom stereocenters. The Morgan fingerprint density at radius 3 is 2.80 bits per heavy atom. The van der Waals surface area contributed by atoms with Crippen LogP contribution in [0.4, 0.5) is 17.5 Å². The first-order chi connectivity index (χ1) is 9.74. The molecule has 5 nitrogen and oxygen atoms in total. The van der Waals surface area contributed by atoms with Gasteiger partial charge in [-0.3, -0.25) is 0 Å². The number of para-hydroxylation sites is 1. The van der Waals surface area contributed by atoms with Crippen LogP contribution in [0.25, 0.3) is 0 Å². The van der Waals surface area contributed by atoms with Crippen LogP contribution in [0.2, 0.25) is 0 Å². The minimum absolute atomic E-state index is 0.523. The zero-order chi connectivity index (χ0) is 14.4. The molecule has 0 spiro atoms. The van der Waals surface area contributed by atoms with E-state index in [1.54, 1.807) is 6.20 Å². The largest absolute Gasteiger partial charge is 0.369 e. The van der Waals surface area contributed by atoms with Gasteiger partial charge in [0.2, 0.25) is 5.95 Å². The number of aryl methyl sites for hydroxylation is 2. The van der Waals surface area contributed by atoms with E-state index in [9.17, 15) is 0 Å². The fourth-order valence-corrected chi connectivity index (χ4v) is 2.01. The van der Waals surface area contributed by atoms with Gasteiger partial charge in [-0.05, 0) is 30.9 Å². The quantitative estimate of drug-likeness (QED) is 0.844. The molecular formula is C15H21N5. The molecule has 106 valence electrons. The molecule has 0 amide bonds. The molecule has 2 aromatic rings. The van der Waals surface area contributed by atoms with Gasteiger partial charge in [-0.2, -0.15) is 10.1 Å². The van der Waals surface area contributed by atoms with E-state index in [-0.39, 0.29) is 0 Å². The van der Waals surface area contributed by atoms with Crippen LogP contribution < -0.4 is 10.6 Å². The first kappa shape index (κ1) is 14.2. The van der Waals surface area contributed by atoms with Gasteiger partial charge in [0.1, 0.15) is 0 Å². The molecule has 0 aliphatic heterocycles. The van der Waals surface area contributed by atoms with E-state index >= 15 is 0 Å². The zero-order valence-electron chi connectivity index (χ0n) is 12.3. The van der Waals surface area contributed by atoms with Crippen molar-refractivity contribution in [2.24, 2.45) is 0 Å². The van der Waals surface area contributed by atoms with Gasteiger partial charge in [0.05, 0.1) is 6.20 Å². The molecule has 0 fully saturated rings. The number of anilines is 3. The van der Waals surface area contributed by atoms with E-state index < -0.39 is 0 Å². The first-order valence-electron chi connectivity index (χ1n) is 7.03. The maximum Gasteiger partial charge on any atom is 0.249 e. The highest BCUT2D eigenvalue weighted by Crippen LogP contribution is 2.23. The molecule has 0 bridgehead atoms. The van der Waals surface area contributed by atoms with Crippen molar-refractivity contribution in [3.05, 3.63) is 35.5 Å². The predicted molar refractivity (Wildman–Crippen MR) is 82.4 cm³/mol. The molecule has 0 saturated carbocycles. The minimum atomic E-state index is 0.523. The van der Waals surface area contributed by atoms with Gasteiger partial charge in [-0.25, -0.2) is 0 Å². The minimum Gasteiger partial charge on any atom is -0.369 e. The number of nitrogens with one attached hydrogen (secondary N) is 2. The Morgan fingerprint density at radius 2 is 2.05 bits per heavy atom. The van der Waals surface area contributed by atoms with Gasteiger partial charge in [0, 0.05) is 12.2 Å². The number of rotatable bonds is 6. The molecule has 0 radical (unpaired) electrons. The van der Waals surface area contributed by atoms with E-state index in [2.05, 4.69) is 64.8 Å². The van der Waals surface area contributed by atoms with Gasteiger partial charge >= 0.3 is 0 Å². The number of nitrogens with zero attached hydrogens (tertiary/aromatic N) is 3. The molecule has 1 aromatic heterocycles. The molecule has 1 aromatic carbocycles. The fraction of sp³-hybridized carbons (Fsp3) is 0.400. The summed E-state index contributed by atoms with van der Waals surface area (Å²) in [4.78, 5) is 4.43. The van der Waals surface area contributed by atoms with Crippen molar-refractivity contribution < 1.29 is 0 Å². The maximum atomic E-state index is 4.43. The Hall–Kier alpha value is -2.17. The second-order valence-electron chi connectivity index (χ2n) is 4.68. The lowest BCUT2D eigenvalue weighted by molar-refractivity contribution is 0.934. The lowest BCUT2D eigenvalue weighted by Gasteiger charge is -2.13. The molecule has 5 heteroatoms. The van der Waals surface area contributed by atoms with Crippen LogP contribution in [0.3, 0.4) is 0 Å². The lowest BCUT2D eigenvalue weighted by atomic mass is 10.1. The number of hydrogen-bond acceptors (Lipinski definition) is 5. The summed E-state index contributed by atoms with van der Waals surface area (Å²) in [6, 6.07) is 6.26. The van der Waals surface area contributed by atoms with Crippen LogP contribution in [-0.2, 0) is 6.42 Å². The summed E-state index contributed by atoms with van der Waals surface area (Å²) in [5, 5.41) is 14.5. The van der Waals surface area contributed by atoms with Gasteiger partial charge in [0.15, 0.2) is 5.82 Å². The molecule has 2 rings (SSSR count). The molecular weight excluding hydrogens is 250 g/mol. The van der Waals surface area contributed by atoms with Crippen LogP contribution in [0.5, 0.6) is 0 Å². The Bertz CT molecular complexity index is 568. The van der Waals surface area contributed by atoms with Crippen molar-refractivity contribution in [2.75, 3.05) is 17.2 Å². The lowest BCUT2D eigenvalue weighted by Crippen LogP contribution is -2.07. The molecule has 1 heterocycles. The Kier molecular flexibility index (Phi) is 4.87. The average Bonchev–Trinajstić information content (AvgIpc) is 2.47. The first-order valence-corrected chi connectivity index (χ1v) is 7.03. The van der Waals surface area contributed by atoms with Crippen LogP contribution in [0.1, 0.15) is 31.4 Å². The number of benzene rings is 1. The second kappa shape index (κ2) is 6.84. The standard InChI is InChI=1S/C15H21N5/c1-4-9-16-13-10-17-20-15(18-13)19-14-11(3)7-6-8-12(14)5-2/h6-8,10H,4-5,9H2,1-3H3,(H2,16,18,19,20). The van der Waals surface area contributed by atoms with Crippen LogP contribution in [0.15, 0.2) is 24.4 Å². The summed E-state index contributed by atoms with van der Waals surface area (Å²) in [6.07, 6.45) is 3.65. The number of aromatic nitrogens is 3. The van der Waals surface area contributed by atoms with Crippen LogP contribution in [0, 0.1) is 6.92 Å². The summed E-state index contributed by atoms with van der Waals surface area (Å²) in [5.74, 6) is 1.27. The average molecular weight is 271 g/mol. The summed E-state index contributed by atoms with van der Waals surface area (Å²) in [6.45, 7) is 7.21. The zero-order valence-corrected chi connectivity index (χ0v) is 12.3. The van der Waals surface area contributed by atoms with Crippen molar-refractivity contribution in [2.45, 2.75) is 33.6 Å². The van der Waals surface area contributed by atoms with E-state index in [4.69, 9.17) is 0 Å². The van der Waals surface area contributed by atoms with Crippen molar-refractivity contribution >= 4 is 17.5 Å². The topological polar surface area (TPSA) is 62.7 Å². The molecule has 2 N–H and O–H groups in total. The summed E-state index contributed by atoms with van der Waals surface area (Å²) in [7, 11) is 0. The van der Waals surface area contributed by atoms with Gasteiger partial charge in [-0.15, -0.1) is 5.10 Å². The Morgan fingerprint density at radius 1 is 1.20 bits per heavy atom. The smallest absolute Gasteiger partial charge is 0.249 e. The monoisotopic (exact) mass is 271 g/mol. The summed E-state index contributed by atoms with van der Waals surface area (Å²) in [5.41, 5.74) is 3.50. The highest BCUT2D eigenvalue weighted by atomic mass is 15.3. The predicted octanol–water partition coefficient (Wildman–Crippen LogP) is 3.31. The SMILES string of the molecule is CCCNc1cnnc(Nc2c(C)cccc2CC)n1. The number of hydrogen-bond donors (Lipinski definition) is 2. The molecule has 20 heavy (non-hydrogen) atoms. The molecule has 0 aliphatic rings. The molecule has 0 saturated heterocycles. The van der Waals surface area contributed by atoms with Gasteiger partial charge in [-0.1, -0.05) is 32.0 Å². The Balaban J connectivity index is 2.21. The normalized spacial score (nSPS) is 10.3. The van der Waals surface area contributed by atoms with Crippen molar-refractivity contribution in [3.63, 3.8) is 0 Å². The van der Waals surface area contributed by atoms with Gasteiger partial charge < -0.3 is 10.6 Å². The molecule has 0 aliphatic carbocycles. The maximum absolute atomic E-state index is 4.43. The highest BCUT2D eigenvalue weighted by molar-refractivity contribution is 5.63. The third-order valence-corrected chi connectivity index (χ3v) is 3.09. The summed E-state index contributed by atoms with van der Waals surface area (Å²) < 4.78 is 0.